The fraction of sp³-hybridized carbons (Fsp3) is 0.500. The fourth-order valence-corrected chi connectivity index (χ4v) is 3.83. The summed E-state index contributed by atoms with van der Waals surface area (Å²) >= 11 is 0. The molecule has 0 amide bonds. The van der Waals surface area contributed by atoms with Crippen LogP contribution in [0.1, 0.15) is 19.3 Å². The van der Waals surface area contributed by atoms with E-state index in [1.54, 1.807) is 13.4 Å². The maximum Gasteiger partial charge on any atom is 0.134 e. The summed E-state index contributed by atoms with van der Waals surface area (Å²) in [7, 11) is 1.71. The lowest BCUT2D eigenvalue weighted by Gasteiger charge is -2.25. The Balaban J connectivity index is 1.44. The topological polar surface area (TPSA) is 44.7 Å². The summed E-state index contributed by atoms with van der Waals surface area (Å²) in [6.07, 6.45) is 5.37. The molecular weight excluding hydrogens is 326 g/mol. The van der Waals surface area contributed by atoms with Crippen LogP contribution >= 0.6 is 0 Å². The first kappa shape index (κ1) is 16.9. The minimum Gasteiger partial charge on any atom is -0.497 e. The molecule has 26 heavy (non-hydrogen) atoms. The maximum atomic E-state index is 5.26. The lowest BCUT2D eigenvalue weighted by atomic mass is 10.2. The highest BCUT2D eigenvalue weighted by Gasteiger charge is 2.19. The molecule has 2 saturated heterocycles. The number of ether oxygens (including phenoxy) is 1. The number of nitrogens with zero attached hydrogens (tertiary/aromatic N) is 5. The monoisotopic (exact) mass is 353 g/mol. The largest absolute Gasteiger partial charge is 0.497 e. The Bertz CT molecular complexity index is 714. The standard InChI is InChI=1S/C20H27N5O/c1-26-18-7-5-17(6-8-18)23-11-4-12-25(14-13-23)20-15-19(21-16-22-20)24-9-2-3-10-24/h5-8,15-16H,2-4,9-14H2,1H3. The molecule has 2 aromatic rings. The zero-order chi connectivity index (χ0) is 17.8. The molecule has 3 heterocycles. The molecule has 2 fully saturated rings. The first-order valence-corrected chi connectivity index (χ1v) is 9.54. The maximum absolute atomic E-state index is 5.26. The van der Waals surface area contributed by atoms with Gasteiger partial charge in [0.05, 0.1) is 7.11 Å². The molecule has 4 rings (SSSR count). The van der Waals surface area contributed by atoms with E-state index in [4.69, 9.17) is 4.74 Å². The summed E-state index contributed by atoms with van der Waals surface area (Å²) in [4.78, 5) is 16.2. The smallest absolute Gasteiger partial charge is 0.134 e. The summed E-state index contributed by atoms with van der Waals surface area (Å²) in [5.74, 6) is 3.03. The van der Waals surface area contributed by atoms with Gasteiger partial charge >= 0.3 is 0 Å². The van der Waals surface area contributed by atoms with E-state index in [2.05, 4.69) is 42.9 Å². The molecule has 0 bridgehead atoms. The van der Waals surface area contributed by atoms with E-state index in [1.807, 2.05) is 12.1 Å². The normalized spacial score (nSPS) is 18.1. The molecule has 0 aliphatic carbocycles. The number of hydrogen-bond acceptors (Lipinski definition) is 6. The van der Waals surface area contributed by atoms with Crippen molar-refractivity contribution in [1.29, 1.82) is 0 Å². The van der Waals surface area contributed by atoms with Gasteiger partial charge in [-0.15, -0.1) is 0 Å². The number of anilines is 3. The van der Waals surface area contributed by atoms with E-state index in [1.165, 1.54) is 18.5 Å². The van der Waals surface area contributed by atoms with E-state index >= 15 is 0 Å². The second-order valence-corrected chi connectivity index (χ2v) is 6.95. The Hall–Kier alpha value is -2.50. The predicted octanol–water partition coefficient (Wildman–Crippen LogP) is 2.80. The van der Waals surface area contributed by atoms with Crippen molar-refractivity contribution in [3.05, 3.63) is 36.7 Å². The Morgan fingerprint density at radius 1 is 0.731 bits per heavy atom. The van der Waals surface area contributed by atoms with E-state index in [-0.39, 0.29) is 0 Å². The van der Waals surface area contributed by atoms with Crippen molar-refractivity contribution in [2.45, 2.75) is 19.3 Å². The first-order chi connectivity index (χ1) is 12.8. The molecule has 1 aromatic heterocycles. The Kier molecular flexibility index (Phi) is 5.09. The highest BCUT2D eigenvalue weighted by molar-refractivity contribution is 5.53. The zero-order valence-corrected chi connectivity index (χ0v) is 15.5. The van der Waals surface area contributed by atoms with Gasteiger partial charge in [-0.25, -0.2) is 9.97 Å². The molecule has 0 radical (unpaired) electrons. The average molecular weight is 353 g/mol. The number of benzene rings is 1. The molecule has 0 N–H and O–H groups in total. The number of aromatic nitrogens is 2. The van der Waals surface area contributed by atoms with Gasteiger partial charge in [-0.1, -0.05) is 0 Å². The van der Waals surface area contributed by atoms with E-state index < -0.39 is 0 Å². The summed E-state index contributed by atoms with van der Waals surface area (Å²) in [5, 5.41) is 0. The Morgan fingerprint density at radius 3 is 2.00 bits per heavy atom. The van der Waals surface area contributed by atoms with Crippen molar-refractivity contribution in [3.8, 4) is 5.75 Å². The number of methoxy groups -OCH3 is 1. The predicted molar refractivity (Wildman–Crippen MR) is 106 cm³/mol. The highest BCUT2D eigenvalue weighted by atomic mass is 16.5. The third-order valence-corrected chi connectivity index (χ3v) is 5.33. The van der Waals surface area contributed by atoms with E-state index in [0.29, 0.717) is 0 Å². The molecule has 2 aliphatic heterocycles. The number of hydrogen-bond donors (Lipinski definition) is 0. The number of rotatable bonds is 4. The summed E-state index contributed by atoms with van der Waals surface area (Å²) in [6, 6.07) is 10.5. The summed E-state index contributed by atoms with van der Waals surface area (Å²) in [5.41, 5.74) is 1.26. The molecule has 0 saturated carbocycles. The molecule has 0 spiro atoms. The zero-order valence-electron chi connectivity index (χ0n) is 15.5. The minimum absolute atomic E-state index is 0.903. The molecule has 0 atom stereocenters. The molecule has 138 valence electrons. The second-order valence-electron chi connectivity index (χ2n) is 6.95. The third kappa shape index (κ3) is 3.69. The van der Waals surface area contributed by atoms with E-state index in [9.17, 15) is 0 Å². The molecule has 2 aliphatic rings. The summed E-state index contributed by atoms with van der Waals surface area (Å²) in [6.45, 7) is 6.29. The van der Waals surface area contributed by atoms with Gasteiger partial charge in [0.15, 0.2) is 0 Å². The van der Waals surface area contributed by atoms with Crippen LogP contribution in [-0.2, 0) is 0 Å². The van der Waals surface area contributed by atoms with Crippen molar-refractivity contribution >= 4 is 17.3 Å². The van der Waals surface area contributed by atoms with Crippen molar-refractivity contribution in [2.24, 2.45) is 0 Å². The second kappa shape index (κ2) is 7.81. The Labute approximate surface area is 155 Å². The van der Waals surface area contributed by atoms with Crippen molar-refractivity contribution in [1.82, 2.24) is 9.97 Å². The van der Waals surface area contributed by atoms with Gasteiger partial charge in [-0.2, -0.15) is 0 Å². The van der Waals surface area contributed by atoms with Gasteiger partial charge < -0.3 is 19.4 Å². The van der Waals surface area contributed by atoms with Crippen LogP contribution in [0.15, 0.2) is 36.7 Å². The Morgan fingerprint density at radius 2 is 1.31 bits per heavy atom. The van der Waals surface area contributed by atoms with Crippen molar-refractivity contribution in [3.63, 3.8) is 0 Å². The van der Waals surface area contributed by atoms with Crippen molar-refractivity contribution in [2.75, 3.05) is 61.1 Å². The molecular formula is C20H27N5O. The van der Waals surface area contributed by atoms with Crippen LogP contribution in [0.3, 0.4) is 0 Å². The van der Waals surface area contributed by atoms with Gasteiger partial charge in [0.25, 0.3) is 0 Å². The quantitative estimate of drug-likeness (QED) is 0.842. The molecule has 6 nitrogen and oxygen atoms in total. The SMILES string of the molecule is COc1ccc(N2CCCN(c3cc(N4CCCC4)ncn3)CC2)cc1. The lowest BCUT2D eigenvalue weighted by Crippen LogP contribution is -2.31. The van der Waals surface area contributed by atoms with Crippen LogP contribution in [0.4, 0.5) is 17.3 Å². The lowest BCUT2D eigenvalue weighted by molar-refractivity contribution is 0.415. The van der Waals surface area contributed by atoms with Gasteiger partial charge in [0.2, 0.25) is 0 Å². The fourth-order valence-electron chi connectivity index (χ4n) is 3.83. The van der Waals surface area contributed by atoms with Gasteiger partial charge in [0.1, 0.15) is 23.7 Å². The molecule has 0 unspecified atom stereocenters. The van der Waals surface area contributed by atoms with Crippen LogP contribution in [0.5, 0.6) is 5.75 Å². The van der Waals surface area contributed by atoms with Crippen LogP contribution < -0.4 is 19.4 Å². The minimum atomic E-state index is 0.903. The van der Waals surface area contributed by atoms with E-state index in [0.717, 1.165) is 63.1 Å². The van der Waals surface area contributed by atoms with Crippen molar-refractivity contribution < 1.29 is 4.74 Å². The molecule has 6 heteroatoms. The van der Waals surface area contributed by atoms with Crippen LogP contribution in [0.25, 0.3) is 0 Å². The molecule has 1 aromatic carbocycles. The van der Waals surface area contributed by atoms with Crippen LogP contribution in [0, 0.1) is 0 Å². The highest BCUT2D eigenvalue weighted by Crippen LogP contribution is 2.24. The summed E-state index contributed by atoms with van der Waals surface area (Å²) < 4.78 is 5.26. The average Bonchev–Trinajstić information content (AvgIpc) is 3.13. The van der Waals surface area contributed by atoms with Gasteiger partial charge in [-0.05, 0) is 43.5 Å². The third-order valence-electron chi connectivity index (χ3n) is 5.33. The van der Waals surface area contributed by atoms with Gasteiger partial charge in [-0.3, -0.25) is 0 Å². The van der Waals surface area contributed by atoms with Crippen LogP contribution in [-0.4, -0.2) is 56.3 Å². The van der Waals surface area contributed by atoms with Crippen LogP contribution in [0.2, 0.25) is 0 Å². The first-order valence-electron chi connectivity index (χ1n) is 9.54. The van der Waals surface area contributed by atoms with Gasteiger partial charge in [0, 0.05) is 51.0 Å².